The van der Waals surface area contributed by atoms with Crippen molar-refractivity contribution in [3.05, 3.63) is 35.9 Å². The minimum Gasteiger partial charge on any atom is -0.388 e. The van der Waals surface area contributed by atoms with Crippen molar-refractivity contribution in [1.82, 2.24) is 9.80 Å². The van der Waals surface area contributed by atoms with Crippen molar-refractivity contribution < 1.29 is 0 Å². The lowest BCUT2D eigenvalue weighted by Crippen LogP contribution is -2.47. The minimum atomic E-state index is 0.341. The maximum absolute atomic E-state index is 7.52. The summed E-state index contributed by atoms with van der Waals surface area (Å²) >= 11 is 0. The molecule has 0 atom stereocenters. The fourth-order valence-electron chi connectivity index (χ4n) is 3.39. The molecule has 0 spiro atoms. The van der Waals surface area contributed by atoms with Crippen LogP contribution in [0.2, 0.25) is 0 Å². The van der Waals surface area contributed by atoms with E-state index >= 15 is 0 Å². The van der Waals surface area contributed by atoms with Gasteiger partial charge in [-0.1, -0.05) is 30.3 Å². The lowest BCUT2D eigenvalue weighted by atomic mass is 10.0. The number of nitrogens with two attached hydrogens (primary N) is 1. The first-order valence-electron chi connectivity index (χ1n) is 7.97. The van der Waals surface area contributed by atoms with Crippen LogP contribution in [0.1, 0.15) is 24.8 Å². The van der Waals surface area contributed by atoms with Crippen molar-refractivity contribution in [2.45, 2.75) is 25.8 Å². The number of hydrogen-bond acceptors (Lipinski definition) is 3. The number of benzene rings is 1. The summed E-state index contributed by atoms with van der Waals surface area (Å²) in [5, 5.41) is 7.52. The highest BCUT2D eigenvalue weighted by Crippen LogP contribution is 2.49. The Hall–Kier alpha value is -1.39. The Kier molecular flexibility index (Phi) is 4.27. The predicted molar refractivity (Wildman–Crippen MR) is 86.4 cm³/mol. The van der Waals surface area contributed by atoms with Crippen molar-refractivity contribution in [3.8, 4) is 0 Å². The van der Waals surface area contributed by atoms with Gasteiger partial charge in [0.2, 0.25) is 0 Å². The van der Waals surface area contributed by atoms with Gasteiger partial charge in [-0.25, -0.2) is 0 Å². The molecule has 1 aromatic rings. The molecule has 1 saturated heterocycles. The highest BCUT2D eigenvalue weighted by Gasteiger charge is 2.44. The molecular formula is C17H26N4. The molecule has 0 aromatic heterocycles. The van der Waals surface area contributed by atoms with E-state index in [0.29, 0.717) is 11.3 Å². The predicted octanol–water partition coefficient (Wildman–Crippen LogP) is 1.91. The van der Waals surface area contributed by atoms with Crippen LogP contribution in [0.3, 0.4) is 0 Å². The number of piperazine rings is 1. The largest absolute Gasteiger partial charge is 0.388 e. The van der Waals surface area contributed by atoms with Gasteiger partial charge in [-0.15, -0.1) is 0 Å². The lowest BCUT2D eigenvalue weighted by molar-refractivity contribution is 0.109. The smallest absolute Gasteiger partial charge is 0.0911 e. The second kappa shape index (κ2) is 6.16. The van der Waals surface area contributed by atoms with Gasteiger partial charge >= 0.3 is 0 Å². The van der Waals surface area contributed by atoms with Crippen LogP contribution in [0.4, 0.5) is 0 Å². The van der Waals surface area contributed by atoms with Gasteiger partial charge in [0, 0.05) is 45.7 Å². The normalized spacial score (nSPS) is 22.1. The van der Waals surface area contributed by atoms with Gasteiger partial charge in [-0.05, 0) is 23.8 Å². The van der Waals surface area contributed by atoms with Gasteiger partial charge in [-0.3, -0.25) is 10.3 Å². The Bertz CT molecular complexity index is 473. The van der Waals surface area contributed by atoms with Crippen molar-refractivity contribution in [2.75, 3.05) is 32.7 Å². The third-order valence-electron chi connectivity index (χ3n) is 4.80. The monoisotopic (exact) mass is 286 g/mol. The van der Waals surface area contributed by atoms with E-state index in [4.69, 9.17) is 11.1 Å². The molecule has 1 saturated carbocycles. The first kappa shape index (κ1) is 14.5. The lowest BCUT2D eigenvalue weighted by Gasteiger charge is -2.36. The summed E-state index contributed by atoms with van der Waals surface area (Å²) in [5.41, 5.74) is 7.33. The quantitative estimate of drug-likeness (QED) is 0.620. The Morgan fingerprint density at radius 3 is 2.24 bits per heavy atom. The van der Waals surface area contributed by atoms with Gasteiger partial charge in [0.05, 0.1) is 5.84 Å². The van der Waals surface area contributed by atoms with Crippen molar-refractivity contribution in [2.24, 2.45) is 11.1 Å². The van der Waals surface area contributed by atoms with Crippen LogP contribution in [-0.4, -0.2) is 48.4 Å². The Morgan fingerprint density at radius 2 is 1.67 bits per heavy atom. The van der Waals surface area contributed by atoms with Crippen molar-refractivity contribution >= 4 is 5.84 Å². The highest BCUT2D eigenvalue weighted by molar-refractivity contribution is 5.78. The van der Waals surface area contributed by atoms with Crippen LogP contribution >= 0.6 is 0 Å². The summed E-state index contributed by atoms with van der Waals surface area (Å²) in [6.07, 6.45) is 3.28. The number of amidine groups is 1. The van der Waals surface area contributed by atoms with E-state index in [-0.39, 0.29) is 0 Å². The van der Waals surface area contributed by atoms with E-state index in [0.717, 1.165) is 45.7 Å². The second-order valence-electron chi connectivity index (χ2n) is 6.74. The van der Waals surface area contributed by atoms with E-state index in [2.05, 4.69) is 40.1 Å². The molecule has 1 aliphatic carbocycles. The zero-order valence-electron chi connectivity index (χ0n) is 12.7. The number of nitrogens with one attached hydrogen (secondary N) is 1. The average molecular weight is 286 g/mol. The topological polar surface area (TPSA) is 56.4 Å². The SMILES string of the molecule is N=C(N)CC1(CN2CCN(Cc3ccccc3)CC2)CC1. The number of hydrogen-bond donors (Lipinski definition) is 2. The summed E-state index contributed by atoms with van der Waals surface area (Å²) in [7, 11) is 0. The zero-order valence-corrected chi connectivity index (χ0v) is 12.7. The number of rotatable bonds is 6. The molecule has 0 bridgehead atoms. The summed E-state index contributed by atoms with van der Waals surface area (Å²) in [5.74, 6) is 0.357. The first-order valence-corrected chi connectivity index (χ1v) is 7.97. The number of nitrogens with zero attached hydrogens (tertiary/aromatic N) is 2. The molecule has 1 aliphatic heterocycles. The maximum Gasteiger partial charge on any atom is 0.0911 e. The van der Waals surface area contributed by atoms with Crippen molar-refractivity contribution in [1.29, 1.82) is 5.41 Å². The molecule has 114 valence electrons. The molecule has 4 nitrogen and oxygen atoms in total. The molecular weight excluding hydrogens is 260 g/mol. The zero-order chi connectivity index (χ0) is 14.7. The summed E-state index contributed by atoms with van der Waals surface area (Å²) in [6, 6.07) is 10.7. The van der Waals surface area contributed by atoms with Crippen LogP contribution in [0.5, 0.6) is 0 Å². The Labute approximate surface area is 127 Å². The van der Waals surface area contributed by atoms with E-state index < -0.39 is 0 Å². The van der Waals surface area contributed by atoms with E-state index in [9.17, 15) is 0 Å². The third kappa shape index (κ3) is 4.05. The van der Waals surface area contributed by atoms with E-state index in [1.165, 1.54) is 18.4 Å². The molecule has 0 radical (unpaired) electrons. The van der Waals surface area contributed by atoms with Crippen LogP contribution in [-0.2, 0) is 6.54 Å². The van der Waals surface area contributed by atoms with Gasteiger partial charge in [0.15, 0.2) is 0 Å². The molecule has 3 rings (SSSR count). The summed E-state index contributed by atoms with van der Waals surface area (Å²) in [6.45, 7) is 6.77. The Morgan fingerprint density at radius 1 is 1.05 bits per heavy atom. The molecule has 4 heteroatoms. The standard InChI is InChI=1S/C17H26N4/c18-16(19)12-17(6-7-17)14-21-10-8-20(9-11-21)13-15-4-2-1-3-5-15/h1-5H,6-14H2,(H3,18,19). The molecule has 2 aliphatic rings. The molecule has 21 heavy (non-hydrogen) atoms. The van der Waals surface area contributed by atoms with Gasteiger partial charge in [0.25, 0.3) is 0 Å². The average Bonchev–Trinajstić information content (AvgIpc) is 3.21. The fourth-order valence-corrected chi connectivity index (χ4v) is 3.39. The molecule has 3 N–H and O–H groups in total. The van der Waals surface area contributed by atoms with Crippen molar-refractivity contribution in [3.63, 3.8) is 0 Å². The summed E-state index contributed by atoms with van der Waals surface area (Å²) in [4.78, 5) is 5.10. The molecule has 0 unspecified atom stereocenters. The third-order valence-corrected chi connectivity index (χ3v) is 4.80. The van der Waals surface area contributed by atoms with Gasteiger partial charge in [0.1, 0.15) is 0 Å². The highest BCUT2D eigenvalue weighted by atomic mass is 15.3. The minimum absolute atomic E-state index is 0.341. The fraction of sp³-hybridized carbons (Fsp3) is 0.588. The van der Waals surface area contributed by atoms with Crippen LogP contribution < -0.4 is 5.73 Å². The molecule has 1 aromatic carbocycles. The molecule has 1 heterocycles. The molecule has 0 amide bonds. The van der Waals surface area contributed by atoms with Gasteiger partial charge < -0.3 is 10.6 Å². The molecule has 2 fully saturated rings. The first-order chi connectivity index (χ1) is 10.2. The van der Waals surface area contributed by atoms with Crippen LogP contribution in [0.25, 0.3) is 0 Å². The maximum atomic E-state index is 7.52. The summed E-state index contributed by atoms with van der Waals surface area (Å²) < 4.78 is 0. The van der Waals surface area contributed by atoms with Crippen LogP contribution in [0, 0.1) is 10.8 Å². The Balaban J connectivity index is 1.44. The van der Waals surface area contributed by atoms with E-state index in [1.54, 1.807) is 0 Å². The van der Waals surface area contributed by atoms with Crippen LogP contribution in [0.15, 0.2) is 30.3 Å². The second-order valence-corrected chi connectivity index (χ2v) is 6.74. The van der Waals surface area contributed by atoms with Gasteiger partial charge in [-0.2, -0.15) is 0 Å². The van der Waals surface area contributed by atoms with E-state index in [1.807, 2.05) is 0 Å².